The lowest BCUT2D eigenvalue weighted by atomic mass is 10.2. The van der Waals surface area contributed by atoms with Gasteiger partial charge in [-0.25, -0.2) is 9.97 Å². The summed E-state index contributed by atoms with van der Waals surface area (Å²) in [6.45, 7) is 3.81. The summed E-state index contributed by atoms with van der Waals surface area (Å²) in [5.74, 6) is -0.242. The van der Waals surface area contributed by atoms with E-state index in [0.717, 1.165) is 10.7 Å². The summed E-state index contributed by atoms with van der Waals surface area (Å²) >= 11 is 7.39. The van der Waals surface area contributed by atoms with E-state index in [2.05, 4.69) is 15.3 Å². The highest BCUT2D eigenvalue weighted by atomic mass is 35.5. The van der Waals surface area contributed by atoms with Gasteiger partial charge in [0.05, 0.1) is 11.6 Å². The van der Waals surface area contributed by atoms with Crippen LogP contribution in [0, 0.1) is 6.92 Å². The van der Waals surface area contributed by atoms with Gasteiger partial charge in [0.15, 0.2) is 0 Å². The Balaban J connectivity index is 2.10. The predicted octanol–water partition coefficient (Wildman–Crippen LogP) is 2.99. The van der Waals surface area contributed by atoms with Gasteiger partial charge in [-0.05, 0) is 26.0 Å². The molecule has 1 atom stereocenters. The molecule has 0 saturated carbocycles. The van der Waals surface area contributed by atoms with Crippen LogP contribution in [-0.2, 0) is 0 Å². The largest absolute Gasteiger partial charge is 0.343 e. The lowest BCUT2D eigenvalue weighted by Crippen LogP contribution is -2.27. The number of carbonyl (C=O) groups is 1. The number of thiazole rings is 1. The molecule has 2 heterocycles. The number of carbonyl (C=O) groups excluding carboxylic acids is 1. The van der Waals surface area contributed by atoms with Crippen LogP contribution in [0.3, 0.4) is 0 Å². The van der Waals surface area contributed by atoms with Crippen molar-refractivity contribution in [1.29, 1.82) is 0 Å². The minimum absolute atomic E-state index is 0.146. The van der Waals surface area contributed by atoms with Gasteiger partial charge in [-0.2, -0.15) is 0 Å². The van der Waals surface area contributed by atoms with Gasteiger partial charge in [-0.15, -0.1) is 11.3 Å². The molecular weight excluding hydrogens is 270 g/mol. The van der Waals surface area contributed by atoms with Crippen molar-refractivity contribution in [3.8, 4) is 0 Å². The molecule has 18 heavy (non-hydrogen) atoms. The average Bonchev–Trinajstić information content (AvgIpc) is 2.76. The first-order valence-electron chi connectivity index (χ1n) is 5.41. The van der Waals surface area contributed by atoms with E-state index in [-0.39, 0.29) is 17.1 Å². The molecule has 0 aromatic carbocycles. The lowest BCUT2D eigenvalue weighted by Gasteiger charge is -2.11. The fourth-order valence-electron chi connectivity index (χ4n) is 1.46. The van der Waals surface area contributed by atoms with Gasteiger partial charge in [0.25, 0.3) is 5.91 Å². The van der Waals surface area contributed by atoms with Crippen LogP contribution >= 0.6 is 22.9 Å². The minimum Gasteiger partial charge on any atom is -0.343 e. The standard InChI is InChI=1S/C12H12ClN3OS/c1-7-6-18-12(15-7)8(2)16-11(17)9-4-3-5-14-10(9)13/h3-6,8H,1-2H3,(H,16,17). The summed E-state index contributed by atoms with van der Waals surface area (Å²) in [6, 6.07) is 3.18. The number of hydrogen-bond donors (Lipinski definition) is 1. The van der Waals surface area contributed by atoms with Crippen LogP contribution in [0.15, 0.2) is 23.7 Å². The molecule has 1 unspecified atom stereocenters. The van der Waals surface area contributed by atoms with Crippen LogP contribution in [0.5, 0.6) is 0 Å². The summed E-state index contributed by atoms with van der Waals surface area (Å²) in [6.07, 6.45) is 1.55. The summed E-state index contributed by atoms with van der Waals surface area (Å²) < 4.78 is 0. The third kappa shape index (κ3) is 2.86. The van der Waals surface area contributed by atoms with E-state index in [1.807, 2.05) is 19.2 Å². The minimum atomic E-state index is -0.242. The third-order valence-corrected chi connectivity index (χ3v) is 3.81. The van der Waals surface area contributed by atoms with Gasteiger partial charge in [0.2, 0.25) is 0 Å². The van der Waals surface area contributed by atoms with Crippen molar-refractivity contribution in [3.63, 3.8) is 0 Å². The van der Waals surface area contributed by atoms with E-state index >= 15 is 0 Å². The maximum Gasteiger partial charge on any atom is 0.254 e. The van der Waals surface area contributed by atoms with Crippen LogP contribution < -0.4 is 5.32 Å². The molecule has 2 rings (SSSR count). The fraction of sp³-hybridized carbons (Fsp3) is 0.250. The highest BCUT2D eigenvalue weighted by Crippen LogP contribution is 2.19. The SMILES string of the molecule is Cc1csc(C(C)NC(=O)c2cccnc2Cl)n1. The van der Waals surface area contributed by atoms with Crippen LogP contribution in [-0.4, -0.2) is 15.9 Å². The number of nitrogens with zero attached hydrogens (tertiary/aromatic N) is 2. The van der Waals surface area contributed by atoms with Gasteiger partial charge >= 0.3 is 0 Å². The molecule has 4 nitrogen and oxygen atoms in total. The topological polar surface area (TPSA) is 54.9 Å². The number of aromatic nitrogens is 2. The highest BCUT2D eigenvalue weighted by Gasteiger charge is 2.16. The monoisotopic (exact) mass is 281 g/mol. The van der Waals surface area contributed by atoms with Crippen molar-refractivity contribution in [2.45, 2.75) is 19.9 Å². The number of halogens is 1. The van der Waals surface area contributed by atoms with Gasteiger partial charge in [-0.1, -0.05) is 11.6 Å². The molecule has 94 valence electrons. The van der Waals surface area contributed by atoms with E-state index < -0.39 is 0 Å². The van der Waals surface area contributed by atoms with Gasteiger partial charge < -0.3 is 5.32 Å². The second-order valence-electron chi connectivity index (χ2n) is 3.86. The summed E-state index contributed by atoms with van der Waals surface area (Å²) in [5, 5.41) is 5.89. The Morgan fingerprint density at radius 1 is 1.56 bits per heavy atom. The molecular formula is C12H12ClN3OS. The first-order chi connectivity index (χ1) is 8.58. The average molecular weight is 282 g/mol. The maximum absolute atomic E-state index is 12.0. The summed E-state index contributed by atoms with van der Waals surface area (Å²) in [7, 11) is 0. The fourth-order valence-corrected chi connectivity index (χ4v) is 2.47. The molecule has 1 amide bonds. The molecule has 1 N–H and O–H groups in total. The predicted molar refractivity (Wildman–Crippen MR) is 72.0 cm³/mol. The van der Waals surface area contributed by atoms with Crippen molar-refractivity contribution in [2.24, 2.45) is 0 Å². The van der Waals surface area contributed by atoms with Crippen molar-refractivity contribution < 1.29 is 4.79 Å². The van der Waals surface area contributed by atoms with Crippen molar-refractivity contribution in [2.75, 3.05) is 0 Å². The van der Waals surface area contributed by atoms with Crippen molar-refractivity contribution >= 4 is 28.8 Å². The van der Waals surface area contributed by atoms with E-state index in [4.69, 9.17) is 11.6 Å². The highest BCUT2D eigenvalue weighted by molar-refractivity contribution is 7.09. The van der Waals surface area contributed by atoms with Crippen LogP contribution in [0.1, 0.15) is 34.0 Å². The van der Waals surface area contributed by atoms with Crippen LogP contribution in [0.25, 0.3) is 0 Å². The number of rotatable bonds is 3. The van der Waals surface area contributed by atoms with Crippen molar-refractivity contribution in [3.05, 3.63) is 45.1 Å². The van der Waals surface area contributed by atoms with E-state index in [1.54, 1.807) is 18.3 Å². The number of pyridine rings is 1. The Bertz CT molecular complexity index is 570. The molecule has 0 aliphatic rings. The zero-order chi connectivity index (χ0) is 13.1. The molecule has 0 aliphatic carbocycles. The second-order valence-corrected chi connectivity index (χ2v) is 5.11. The number of hydrogen-bond acceptors (Lipinski definition) is 4. The molecule has 0 fully saturated rings. The zero-order valence-electron chi connectivity index (χ0n) is 9.98. The Kier molecular flexibility index (Phi) is 3.93. The third-order valence-electron chi connectivity index (χ3n) is 2.36. The second kappa shape index (κ2) is 5.46. The lowest BCUT2D eigenvalue weighted by molar-refractivity contribution is 0.0939. The zero-order valence-corrected chi connectivity index (χ0v) is 11.5. The molecule has 0 bridgehead atoms. The quantitative estimate of drug-likeness (QED) is 0.880. The Labute approximate surface area is 114 Å². The number of aryl methyl sites for hydroxylation is 1. The van der Waals surface area contributed by atoms with Gasteiger partial charge in [0, 0.05) is 17.3 Å². The smallest absolute Gasteiger partial charge is 0.254 e. The number of nitrogens with one attached hydrogen (secondary N) is 1. The normalized spacial score (nSPS) is 12.2. The summed E-state index contributed by atoms with van der Waals surface area (Å²) in [4.78, 5) is 20.2. The first-order valence-corrected chi connectivity index (χ1v) is 6.67. The Hall–Kier alpha value is -1.46. The molecule has 2 aromatic rings. The van der Waals surface area contributed by atoms with E-state index in [0.29, 0.717) is 5.56 Å². The Morgan fingerprint density at radius 3 is 2.94 bits per heavy atom. The van der Waals surface area contributed by atoms with Crippen molar-refractivity contribution in [1.82, 2.24) is 15.3 Å². The Morgan fingerprint density at radius 2 is 2.33 bits per heavy atom. The maximum atomic E-state index is 12.0. The van der Waals surface area contributed by atoms with Crippen LogP contribution in [0.4, 0.5) is 0 Å². The van der Waals surface area contributed by atoms with E-state index in [1.165, 1.54) is 11.3 Å². The van der Waals surface area contributed by atoms with E-state index in [9.17, 15) is 4.79 Å². The first kappa shape index (κ1) is 13.0. The molecule has 0 radical (unpaired) electrons. The molecule has 0 spiro atoms. The molecule has 0 saturated heterocycles. The summed E-state index contributed by atoms with van der Waals surface area (Å²) in [5.41, 5.74) is 1.33. The molecule has 2 aromatic heterocycles. The number of amides is 1. The van der Waals surface area contributed by atoms with Crippen LogP contribution in [0.2, 0.25) is 5.15 Å². The van der Waals surface area contributed by atoms with Gasteiger partial charge in [-0.3, -0.25) is 4.79 Å². The molecule has 0 aliphatic heterocycles. The molecule has 6 heteroatoms. The van der Waals surface area contributed by atoms with Gasteiger partial charge in [0.1, 0.15) is 10.2 Å².